The van der Waals surface area contributed by atoms with Crippen LogP contribution in [0.2, 0.25) is 5.02 Å². The molecule has 10 heteroatoms. The lowest BCUT2D eigenvalue weighted by atomic mass is 10.1. The standard InChI is InChI=1S/C24H25ClN6O2S/c1-31-9-11-34(32,12-10-31)30-16-7-8-21(22(13-16)33-2)28-24-27-15-19(25)23(29-24)18-14-26-20-6-4-3-5-17(18)20/h3-8,13-15,26H,9-12H2,1-2H3,(H,27,28,29). The number of hydrogen-bond donors (Lipinski definition) is 2. The van der Waals surface area contributed by atoms with Crippen LogP contribution in [-0.2, 0) is 9.73 Å². The molecule has 34 heavy (non-hydrogen) atoms. The van der Waals surface area contributed by atoms with Crippen LogP contribution in [-0.4, -0.2) is 62.8 Å². The summed E-state index contributed by atoms with van der Waals surface area (Å²) in [6.07, 6.45) is 3.47. The van der Waals surface area contributed by atoms with E-state index in [1.807, 2.05) is 49.6 Å². The molecule has 0 radical (unpaired) electrons. The summed E-state index contributed by atoms with van der Waals surface area (Å²) in [6.45, 7) is 1.57. The number of methoxy groups -OCH3 is 1. The van der Waals surface area contributed by atoms with Gasteiger partial charge in [-0.3, -0.25) is 0 Å². The Bertz CT molecular complexity index is 1460. The minimum Gasteiger partial charge on any atom is -0.494 e. The first kappa shape index (κ1) is 22.6. The van der Waals surface area contributed by atoms with Gasteiger partial charge in [-0.1, -0.05) is 29.8 Å². The molecule has 2 aromatic heterocycles. The lowest BCUT2D eigenvalue weighted by molar-refractivity contribution is 0.366. The Balaban J connectivity index is 1.45. The molecule has 0 saturated carbocycles. The van der Waals surface area contributed by atoms with Crippen molar-refractivity contribution in [1.29, 1.82) is 0 Å². The minimum absolute atomic E-state index is 0.383. The number of halogens is 1. The van der Waals surface area contributed by atoms with Crippen molar-refractivity contribution >= 4 is 49.6 Å². The Morgan fingerprint density at radius 3 is 2.79 bits per heavy atom. The molecule has 1 saturated heterocycles. The molecule has 8 nitrogen and oxygen atoms in total. The number of para-hydroxylation sites is 1. The summed E-state index contributed by atoms with van der Waals surface area (Å²) in [4.78, 5) is 14.4. The average molecular weight is 497 g/mol. The average Bonchev–Trinajstić information content (AvgIpc) is 3.27. The van der Waals surface area contributed by atoms with E-state index in [1.165, 1.54) is 0 Å². The molecule has 0 amide bonds. The van der Waals surface area contributed by atoms with Crippen LogP contribution in [0.4, 0.5) is 17.3 Å². The van der Waals surface area contributed by atoms with Gasteiger partial charge in [0.15, 0.2) is 0 Å². The Morgan fingerprint density at radius 1 is 1.21 bits per heavy atom. The third-order valence-electron chi connectivity index (χ3n) is 5.88. The number of aromatic nitrogens is 3. The van der Waals surface area contributed by atoms with Crippen LogP contribution in [0.3, 0.4) is 0 Å². The topological polar surface area (TPSA) is 95.5 Å². The second-order valence-corrected chi connectivity index (χ2v) is 11.2. The summed E-state index contributed by atoms with van der Waals surface area (Å²) in [5, 5.41) is 4.70. The van der Waals surface area contributed by atoms with Crippen molar-refractivity contribution in [2.45, 2.75) is 0 Å². The molecule has 2 N–H and O–H groups in total. The fraction of sp³-hybridized carbons (Fsp3) is 0.250. The molecule has 0 atom stereocenters. The van der Waals surface area contributed by atoms with E-state index in [0.717, 1.165) is 29.6 Å². The number of fused-ring (bicyclic) bond motifs is 1. The second kappa shape index (κ2) is 9.25. The number of anilines is 2. The maximum Gasteiger partial charge on any atom is 0.227 e. The van der Waals surface area contributed by atoms with Crippen LogP contribution < -0.4 is 10.1 Å². The summed E-state index contributed by atoms with van der Waals surface area (Å²) >= 11 is 6.45. The van der Waals surface area contributed by atoms with Crippen LogP contribution in [0.15, 0.2) is 59.2 Å². The molecule has 5 rings (SSSR count). The maximum atomic E-state index is 13.1. The van der Waals surface area contributed by atoms with Crippen molar-refractivity contribution < 1.29 is 8.95 Å². The number of ether oxygens (including phenoxy) is 1. The number of nitrogens with one attached hydrogen (secondary N) is 2. The molecular weight excluding hydrogens is 472 g/mol. The Labute approximate surface area is 203 Å². The predicted molar refractivity (Wildman–Crippen MR) is 138 cm³/mol. The molecule has 0 bridgehead atoms. The monoisotopic (exact) mass is 496 g/mol. The molecule has 0 unspecified atom stereocenters. The van der Waals surface area contributed by atoms with Gasteiger partial charge in [0.05, 0.1) is 45.1 Å². The molecular formula is C24H25ClN6O2S. The molecule has 1 aliphatic rings. The number of aromatic amines is 1. The van der Waals surface area contributed by atoms with Crippen LogP contribution in [0.5, 0.6) is 5.75 Å². The Hall–Kier alpha value is -3.14. The van der Waals surface area contributed by atoms with E-state index < -0.39 is 9.73 Å². The highest BCUT2D eigenvalue weighted by atomic mass is 35.5. The number of H-pyrrole nitrogens is 1. The van der Waals surface area contributed by atoms with Crippen LogP contribution in [0.1, 0.15) is 0 Å². The second-order valence-electron chi connectivity index (χ2n) is 8.22. The SMILES string of the molecule is COc1cc(N=S2(=O)CCN(C)CC2)ccc1Nc1ncc(Cl)c(-c2c[nH]c3ccccc23)n1. The highest BCUT2D eigenvalue weighted by Crippen LogP contribution is 2.35. The van der Waals surface area contributed by atoms with Crippen molar-refractivity contribution in [3.8, 4) is 17.0 Å². The van der Waals surface area contributed by atoms with Gasteiger partial charge in [-0.05, 0) is 25.2 Å². The van der Waals surface area contributed by atoms with Gasteiger partial charge in [0.2, 0.25) is 5.95 Å². The fourth-order valence-corrected chi connectivity index (χ4v) is 6.21. The van der Waals surface area contributed by atoms with Gasteiger partial charge in [-0.15, -0.1) is 0 Å². The zero-order valence-corrected chi connectivity index (χ0v) is 20.5. The lowest BCUT2D eigenvalue weighted by Crippen LogP contribution is -2.37. The quantitative estimate of drug-likeness (QED) is 0.400. The largest absolute Gasteiger partial charge is 0.494 e. The van der Waals surface area contributed by atoms with Crippen molar-refractivity contribution in [3.63, 3.8) is 0 Å². The van der Waals surface area contributed by atoms with E-state index in [-0.39, 0.29) is 0 Å². The van der Waals surface area contributed by atoms with Crippen LogP contribution >= 0.6 is 11.6 Å². The molecule has 2 aromatic carbocycles. The number of hydrogen-bond acceptors (Lipinski definition) is 7. The first-order chi connectivity index (χ1) is 16.4. The van der Waals surface area contributed by atoms with Crippen molar-refractivity contribution in [1.82, 2.24) is 19.9 Å². The maximum absolute atomic E-state index is 13.1. The van der Waals surface area contributed by atoms with E-state index in [4.69, 9.17) is 16.3 Å². The van der Waals surface area contributed by atoms with Gasteiger partial charge in [0.25, 0.3) is 0 Å². The first-order valence-electron chi connectivity index (χ1n) is 10.9. The van der Waals surface area contributed by atoms with Gasteiger partial charge in [-0.25, -0.2) is 14.2 Å². The van der Waals surface area contributed by atoms with Crippen LogP contribution in [0, 0.1) is 0 Å². The van der Waals surface area contributed by atoms with Gasteiger partial charge in [0.1, 0.15) is 5.75 Å². The summed E-state index contributed by atoms with van der Waals surface area (Å²) in [5.74, 6) is 2.08. The van der Waals surface area contributed by atoms with E-state index in [1.54, 1.807) is 19.4 Å². The third kappa shape index (κ3) is 4.59. The molecule has 1 aliphatic heterocycles. The molecule has 0 spiro atoms. The molecule has 3 heterocycles. The molecule has 1 fully saturated rings. The highest BCUT2D eigenvalue weighted by Gasteiger charge is 2.19. The summed E-state index contributed by atoms with van der Waals surface area (Å²) < 4.78 is 23.2. The number of rotatable bonds is 5. The smallest absolute Gasteiger partial charge is 0.227 e. The fourth-order valence-electron chi connectivity index (χ4n) is 3.94. The number of benzene rings is 2. The lowest BCUT2D eigenvalue weighted by Gasteiger charge is -2.24. The molecule has 0 aliphatic carbocycles. The highest BCUT2D eigenvalue weighted by molar-refractivity contribution is 7.93. The zero-order chi connectivity index (χ0) is 23.7. The Kier molecular flexibility index (Phi) is 6.16. The van der Waals surface area contributed by atoms with E-state index >= 15 is 0 Å². The predicted octanol–water partition coefficient (Wildman–Crippen LogP) is 5.08. The summed E-state index contributed by atoms with van der Waals surface area (Å²) in [5.41, 5.74) is 3.83. The third-order valence-corrected chi connectivity index (χ3v) is 8.34. The van der Waals surface area contributed by atoms with E-state index in [9.17, 15) is 4.21 Å². The molecule has 4 aromatic rings. The summed E-state index contributed by atoms with van der Waals surface area (Å²) in [6, 6.07) is 13.4. The van der Waals surface area contributed by atoms with E-state index in [2.05, 4.69) is 29.5 Å². The van der Waals surface area contributed by atoms with Gasteiger partial charge < -0.3 is 19.9 Å². The van der Waals surface area contributed by atoms with E-state index in [0.29, 0.717) is 45.3 Å². The molecule has 176 valence electrons. The minimum atomic E-state index is -2.26. The Morgan fingerprint density at radius 2 is 2.00 bits per heavy atom. The summed E-state index contributed by atoms with van der Waals surface area (Å²) in [7, 11) is 1.35. The van der Waals surface area contributed by atoms with Crippen LogP contribution in [0.25, 0.3) is 22.2 Å². The van der Waals surface area contributed by atoms with Crippen molar-refractivity contribution in [2.24, 2.45) is 4.36 Å². The van der Waals surface area contributed by atoms with Gasteiger partial charge in [-0.2, -0.15) is 4.36 Å². The normalized spacial score (nSPS) is 15.9. The number of nitrogens with zero attached hydrogens (tertiary/aromatic N) is 4. The van der Waals surface area contributed by atoms with Crippen molar-refractivity contribution in [3.05, 3.63) is 59.9 Å². The van der Waals surface area contributed by atoms with Crippen molar-refractivity contribution in [2.75, 3.05) is 44.1 Å². The first-order valence-corrected chi connectivity index (χ1v) is 13.1. The van der Waals surface area contributed by atoms with Gasteiger partial charge >= 0.3 is 0 Å². The van der Waals surface area contributed by atoms with Gasteiger partial charge in [0, 0.05) is 53.3 Å². The zero-order valence-electron chi connectivity index (χ0n) is 18.9.